The molecule has 0 radical (unpaired) electrons. The molecule has 1 saturated heterocycles. The van der Waals surface area contributed by atoms with E-state index in [9.17, 15) is 23.1 Å². The second-order valence-corrected chi connectivity index (χ2v) is 12.2. The van der Waals surface area contributed by atoms with E-state index in [0.717, 1.165) is 28.2 Å². The first-order valence-electron chi connectivity index (χ1n) is 14.2. The summed E-state index contributed by atoms with van der Waals surface area (Å²) in [5, 5.41) is 13.6. The maximum atomic E-state index is 13.8. The number of aliphatic hydroxyl groups excluding tert-OH is 1. The third-order valence-electron chi connectivity index (χ3n) is 7.76. The third-order valence-corrected chi connectivity index (χ3v) is 7.76. The van der Waals surface area contributed by atoms with Crippen molar-refractivity contribution in [1.82, 2.24) is 10.2 Å². The minimum atomic E-state index is -2.67. The van der Waals surface area contributed by atoms with Crippen molar-refractivity contribution in [3.8, 4) is 0 Å². The number of alkyl carbamates (subject to hydrolysis) is 1. The number of hydrogen-bond donors (Lipinski definition) is 2. The number of hydrogen-bond acceptors (Lipinski definition) is 6. The van der Waals surface area contributed by atoms with Crippen molar-refractivity contribution in [3.05, 3.63) is 70.4 Å². The Balaban J connectivity index is 1.30. The van der Waals surface area contributed by atoms with Gasteiger partial charge in [-0.25, -0.2) is 18.0 Å². The Morgan fingerprint density at radius 1 is 1.27 bits per heavy atom. The molecule has 4 unspecified atom stereocenters. The number of fused-ring (bicyclic) bond motifs is 1. The lowest BCUT2D eigenvalue weighted by molar-refractivity contribution is -0.102. The monoisotopic (exact) mass is 573 g/mol. The van der Waals surface area contributed by atoms with Gasteiger partial charge in [0.05, 0.1) is 12.2 Å². The number of alkyl halides is 3. The van der Waals surface area contributed by atoms with Crippen LogP contribution in [0.3, 0.4) is 0 Å². The molecular formula is C31H38F3N3O4. The number of carbonyl (C=O) groups excluding carboxylic acids is 1. The van der Waals surface area contributed by atoms with Gasteiger partial charge in [0.1, 0.15) is 29.5 Å². The molecule has 0 aromatic rings. The zero-order chi connectivity index (χ0) is 29.4. The summed E-state index contributed by atoms with van der Waals surface area (Å²) in [4.78, 5) is 18.5. The highest BCUT2D eigenvalue weighted by molar-refractivity contribution is 5.68. The van der Waals surface area contributed by atoms with Crippen molar-refractivity contribution >= 4 is 12.3 Å². The quantitative estimate of drug-likeness (QED) is 0.415. The molecule has 4 atom stereocenters. The molecule has 0 saturated carbocycles. The molecule has 222 valence electrons. The van der Waals surface area contributed by atoms with E-state index in [-0.39, 0.29) is 50.7 Å². The first-order valence-corrected chi connectivity index (χ1v) is 14.2. The number of allylic oxidation sites excluding steroid dienone is 9. The molecule has 1 amide bonds. The molecule has 41 heavy (non-hydrogen) atoms. The molecular weight excluding hydrogens is 535 g/mol. The second kappa shape index (κ2) is 11.6. The molecule has 0 bridgehead atoms. The number of likely N-dealkylation sites (tertiary alicyclic amines) is 1. The predicted molar refractivity (Wildman–Crippen MR) is 150 cm³/mol. The second-order valence-electron chi connectivity index (χ2n) is 12.2. The fraction of sp³-hybridized carbons (Fsp3) is 0.548. The number of nitrogens with zero attached hydrogens (tertiary/aromatic N) is 2. The van der Waals surface area contributed by atoms with Crippen LogP contribution in [0.1, 0.15) is 52.9 Å². The average Bonchev–Trinajstić information content (AvgIpc) is 3.34. The zero-order valence-electron chi connectivity index (χ0n) is 23.7. The molecule has 2 N–H and O–H groups in total. The molecule has 3 aliphatic heterocycles. The van der Waals surface area contributed by atoms with Crippen LogP contribution in [0.4, 0.5) is 18.0 Å². The Morgan fingerprint density at radius 3 is 2.66 bits per heavy atom. The Bertz CT molecular complexity index is 1260. The van der Waals surface area contributed by atoms with Gasteiger partial charge in [0.15, 0.2) is 0 Å². The molecule has 3 heterocycles. The summed E-state index contributed by atoms with van der Waals surface area (Å²) in [6.07, 6.45) is 11.4. The molecule has 5 aliphatic rings. The number of nitrogens with one attached hydrogen (secondary N) is 1. The number of rotatable bonds is 6. The van der Waals surface area contributed by atoms with Crippen LogP contribution < -0.4 is 5.32 Å². The van der Waals surface area contributed by atoms with Gasteiger partial charge in [-0.1, -0.05) is 18.2 Å². The topological polar surface area (TPSA) is 83.4 Å². The van der Waals surface area contributed by atoms with Crippen molar-refractivity contribution in [1.29, 1.82) is 0 Å². The summed E-state index contributed by atoms with van der Waals surface area (Å²) < 4.78 is 52.5. The fourth-order valence-corrected chi connectivity index (χ4v) is 5.60. The number of ether oxygens (including phenoxy) is 2. The van der Waals surface area contributed by atoms with Gasteiger partial charge in [0.2, 0.25) is 0 Å². The lowest BCUT2D eigenvalue weighted by Gasteiger charge is -2.37. The number of halogens is 3. The predicted octanol–water partition coefficient (Wildman–Crippen LogP) is 5.87. The summed E-state index contributed by atoms with van der Waals surface area (Å²) in [6.45, 7) is 5.86. The van der Waals surface area contributed by atoms with E-state index in [1.54, 1.807) is 38.0 Å². The van der Waals surface area contributed by atoms with Gasteiger partial charge in [-0.2, -0.15) is 0 Å². The van der Waals surface area contributed by atoms with Crippen molar-refractivity contribution in [3.63, 3.8) is 0 Å². The van der Waals surface area contributed by atoms with Crippen LogP contribution in [0.25, 0.3) is 0 Å². The first-order chi connectivity index (χ1) is 19.4. The maximum absolute atomic E-state index is 13.8. The number of piperidine rings is 1. The molecule has 7 nitrogen and oxygen atoms in total. The summed E-state index contributed by atoms with van der Waals surface area (Å²) >= 11 is 0. The lowest BCUT2D eigenvalue weighted by atomic mass is 9.83. The Kier molecular flexibility index (Phi) is 8.34. The molecule has 0 aromatic carbocycles. The summed E-state index contributed by atoms with van der Waals surface area (Å²) in [7, 11) is 0. The van der Waals surface area contributed by atoms with Gasteiger partial charge >= 0.3 is 6.09 Å². The first kappa shape index (κ1) is 29.4. The van der Waals surface area contributed by atoms with Crippen LogP contribution in [-0.2, 0) is 9.47 Å². The summed E-state index contributed by atoms with van der Waals surface area (Å²) in [6, 6.07) is 0. The van der Waals surface area contributed by atoms with Crippen LogP contribution >= 0.6 is 0 Å². The lowest BCUT2D eigenvalue weighted by Crippen LogP contribution is -2.48. The van der Waals surface area contributed by atoms with Crippen LogP contribution in [0.2, 0.25) is 0 Å². The highest BCUT2D eigenvalue weighted by Gasteiger charge is 2.38. The molecule has 1 fully saturated rings. The van der Waals surface area contributed by atoms with Crippen molar-refractivity contribution < 1.29 is 32.5 Å². The number of aliphatic imine (C=N–C) groups is 1. The van der Waals surface area contributed by atoms with Gasteiger partial charge in [-0.05, 0) is 63.0 Å². The van der Waals surface area contributed by atoms with Gasteiger partial charge in [-0.3, -0.25) is 9.89 Å². The van der Waals surface area contributed by atoms with Crippen LogP contribution in [0.15, 0.2) is 75.4 Å². The summed E-state index contributed by atoms with van der Waals surface area (Å²) in [5.41, 5.74) is 2.86. The van der Waals surface area contributed by atoms with Crippen LogP contribution in [-0.4, -0.2) is 65.9 Å². The molecule has 2 aliphatic carbocycles. The molecule has 5 rings (SSSR count). The van der Waals surface area contributed by atoms with E-state index in [4.69, 9.17) is 9.47 Å². The highest BCUT2D eigenvalue weighted by Crippen LogP contribution is 2.44. The number of aliphatic hydroxyl groups is 1. The van der Waals surface area contributed by atoms with E-state index < -0.39 is 30.0 Å². The Morgan fingerprint density at radius 2 is 2.02 bits per heavy atom. The van der Waals surface area contributed by atoms with Crippen LogP contribution in [0, 0.1) is 11.8 Å². The van der Waals surface area contributed by atoms with Crippen molar-refractivity contribution in [2.45, 2.75) is 76.8 Å². The van der Waals surface area contributed by atoms with Crippen molar-refractivity contribution in [2.75, 3.05) is 19.6 Å². The Labute approximate surface area is 238 Å². The van der Waals surface area contributed by atoms with E-state index in [1.165, 1.54) is 6.08 Å². The highest BCUT2D eigenvalue weighted by atomic mass is 19.3. The fourth-order valence-electron chi connectivity index (χ4n) is 5.60. The van der Waals surface area contributed by atoms with Gasteiger partial charge < -0.3 is 19.9 Å². The number of carbonyl (C=O) groups is 1. The largest absolute Gasteiger partial charge is 0.463 e. The standard InChI is InChI=1S/C31H38F3N3O4/c1-30(2,3)41-29(39)36-18-24-15-22-14-21(16-25(27(22)40-24)19-4-7-23(32)8-5-19)26-9-6-20(17-35-26)28(38)37-12-10-31(33,34)11-13-37/h4-5,7,9,15-17,20,22-23,28,38H,6,8,10-14,18H2,1-3H3,(H,36,39). The van der Waals surface area contributed by atoms with Crippen LogP contribution in [0.5, 0.6) is 0 Å². The van der Waals surface area contributed by atoms with Gasteiger partial charge in [-0.15, -0.1) is 0 Å². The van der Waals surface area contributed by atoms with Gasteiger partial charge in [0, 0.05) is 56.0 Å². The maximum Gasteiger partial charge on any atom is 0.408 e. The smallest absolute Gasteiger partial charge is 0.408 e. The Hall–Kier alpha value is -3.11. The van der Waals surface area contributed by atoms with E-state index in [2.05, 4.69) is 10.3 Å². The van der Waals surface area contributed by atoms with E-state index >= 15 is 0 Å². The van der Waals surface area contributed by atoms with Crippen molar-refractivity contribution in [2.24, 2.45) is 16.8 Å². The minimum Gasteiger partial charge on any atom is -0.463 e. The minimum absolute atomic E-state index is 0.0905. The normalized spacial score (nSPS) is 28.6. The SMILES string of the molecule is CC(C)(C)OC(=O)NCC1=CC2CC(C3=CCC(C(O)N4CCC(F)(F)CC4)C=N3)=CC(C3=CCC(F)C=C3)=C2O1. The molecule has 0 aromatic heterocycles. The van der Waals surface area contributed by atoms with E-state index in [0.29, 0.717) is 18.6 Å². The zero-order valence-corrected chi connectivity index (χ0v) is 23.7. The molecule has 10 heteroatoms. The third kappa shape index (κ3) is 7.22. The van der Waals surface area contributed by atoms with E-state index in [1.807, 2.05) is 24.3 Å². The average molecular weight is 574 g/mol. The number of amides is 1. The van der Waals surface area contributed by atoms with Gasteiger partial charge in [0.25, 0.3) is 5.92 Å². The molecule has 0 spiro atoms. The summed E-state index contributed by atoms with van der Waals surface area (Å²) in [5.74, 6) is -1.69.